The number of carbonyl (C=O) groups excluding carboxylic acids is 1. The van der Waals surface area contributed by atoms with Gasteiger partial charge in [-0.05, 0) is 64.2 Å². The molecule has 0 saturated heterocycles. The third-order valence-corrected chi connectivity index (χ3v) is 7.49. The van der Waals surface area contributed by atoms with Crippen molar-refractivity contribution in [3.05, 3.63) is 12.2 Å². The molecule has 0 saturated carbocycles. The van der Waals surface area contributed by atoms with Crippen LogP contribution in [0.1, 0.15) is 187 Å². The Kier molecular flexibility index (Phi) is 29.2. The molecule has 0 aliphatic heterocycles. The number of hydrogen-bond acceptors (Lipinski definition) is 3. The SMILES string of the molecule is CCCCCC/C=C\CCCCCCCCC(=O)OC(CCCCC)CCCCCCCCCCC(=O)O. The average molecular weight is 537 g/mol. The quantitative estimate of drug-likeness (QED) is 0.0563. The van der Waals surface area contributed by atoms with Crippen LogP contribution in [0.4, 0.5) is 0 Å². The minimum Gasteiger partial charge on any atom is -0.481 e. The van der Waals surface area contributed by atoms with Gasteiger partial charge in [0.2, 0.25) is 0 Å². The monoisotopic (exact) mass is 536 g/mol. The van der Waals surface area contributed by atoms with Crippen LogP contribution in [0, 0.1) is 0 Å². The van der Waals surface area contributed by atoms with E-state index >= 15 is 0 Å². The molecule has 0 rings (SSSR count). The van der Waals surface area contributed by atoms with Gasteiger partial charge in [0.1, 0.15) is 6.10 Å². The number of esters is 1. The summed E-state index contributed by atoms with van der Waals surface area (Å²) in [6.45, 7) is 4.48. The van der Waals surface area contributed by atoms with Gasteiger partial charge in [-0.2, -0.15) is 0 Å². The minimum absolute atomic E-state index is 0.0110. The molecule has 0 fully saturated rings. The van der Waals surface area contributed by atoms with Crippen molar-refractivity contribution in [1.29, 1.82) is 0 Å². The van der Waals surface area contributed by atoms with Crippen molar-refractivity contribution >= 4 is 11.9 Å². The molecule has 1 N–H and O–H groups in total. The first-order valence-electron chi connectivity index (χ1n) is 16.7. The molecule has 0 aliphatic rings. The topological polar surface area (TPSA) is 63.6 Å². The first kappa shape index (κ1) is 36.7. The van der Waals surface area contributed by atoms with Gasteiger partial charge in [-0.25, -0.2) is 0 Å². The Balaban J connectivity index is 3.77. The fourth-order valence-electron chi connectivity index (χ4n) is 5.00. The number of ether oxygens (including phenoxy) is 1. The van der Waals surface area contributed by atoms with Gasteiger partial charge >= 0.3 is 11.9 Å². The molecule has 0 heterocycles. The lowest BCUT2D eigenvalue weighted by Crippen LogP contribution is -2.18. The molecule has 1 unspecified atom stereocenters. The highest BCUT2D eigenvalue weighted by Crippen LogP contribution is 2.18. The van der Waals surface area contributed by atoms with E-state index in [-0.39, 0.29) is 12.1 Å². The predicted molar refractivity (Wildman–Crippen MR) is 163 cm³/mol. The summed E-state index contributed by atoms with van der Waals surface area (Å²) in [6, 6.07) is 0. The molecule has 0 spiro atoms. The van der Waals surface area contributed by atoms with E-state index in [0.717, 1.165) is 57.8 Å². The van der Waals surface area contributed by atoms with Crippen molar-refractivity contribution in [2.24, 2.45) is 0 Å². The zero-order valence-corrected chi connectivity index (χ0v) is 25.5. The van der Waals surface area contributed by atoms with Gasteiger partial charge in [0.15, 0.2) is 0 Å². The second kappa shape index (κ2) is 30.2. The van der Waals surface area contributed by atoms with E-state index in [0.29, 0.717) is 12.8 Å². The lowest BCUT2D eigenvalue weighted by atomic mass is 10.0. The molecular formula is C34H64O4. The zero-order valence-electron chi connectivity index (χ0n) is 25.5. The van der Waals surface area contributed by atoms with Gasteiger partial charge in [-0.15, -0.1) is 0 Å². The number of carbonyl (C=O) groups is 2. The van der Waals surface area contributed by atoms with Crippen LogP contribution < -0.4 is 0 Å². The summed E-state index contributed by atoms with van der Waals surface area (Å²) in [6.07, 6.45) is 35.3. The average Bonchev–Trinajstić information content (AvgIpc) is 2.89. The first-order valence-corrected chi connectivity index (χ1v) is 16.7. The van der Waals surface area contributed by atoms with Crippen LogP contribution in [0.5, 0.6) is 0 Å². The summed E-state index contributed by atoms with van der Waals surface area (Å²) < 4.78 is 5.91. The van der Waals surface area contributed by atoms with E-state index in [1.165, 1.54) is 103 Å². The molecule has 38 heavy (non-hydrogen) atoms. The van der Waals surface area contributed by atoms with Crippen LogP contribution in [0.2, 0.25) is 0 Å². The molecule has 0 radical (unpaired) electrons. The highest BCUT2D eigenvalue weighted by molar-refractivity contribution is 5.69. The molecule has 0 amide bonds. The van der Waals surface area contributed by atoms with Crippen molar-refractivity contribution in [3.63, 3.8) is 0 Å². The van der Waals surface area contributed by atoms with Crippen molar-refractivity contribution in [1.82, 2.24) is 0 Å². The number of allylic oxidation sites excluding steroid dienone is 2. The van der Waals surface area contributed by atoms with Crippen molar-refractivity contribution < 1.29 is 19.4 Å². The minimum atomic E-state index is -0.683. The third-order valence-electron chi connectivity index (χ3n) is 7.49. The van der Waals surface area contributed by atoms with Gasteiger partial charge < -0.3 is 9.84 Å². The van der Waals surface area contributed by atoms with Crippen molar-refractivity contribution in [3.8, 4) is 0 Å². The zero-order chi connectivity index (χ0) is 27.9. The summed E-state index contributed by atoms with van der Waals surface area (Å²) >= 11 is 0. The van der Waals surface area contributed by atoms with E-state index in [1.54, 1.807) is 0 Å². The number of carboxylic acid groups (broad SMARTS) is 1. The van der Waals surface area contributed by atoms with Gasteiger partial charge in [0.25, 0.3) is 0 Å². The summed E-state index contributed by atoms with van der Waals surface area (Å²) in [5.74, 6) is -0.672. The molecule has 0 bridgehead atoms. The summed E-state index contributed by atoms with van der Waals surface area (Å²) in [4.78, 5) is 23.0. The van der Waals surface area contributed by atoms with Crippen molar-refractivity contribution in [2.75, 3.05) is 0 Å². The Hall–Kier alpha value is -1.32. The molecular weight excluding hydrogens is 472 g/mol. The Morgan fingerprint density at radius 1 is 0.553 bits per heavy atom. The van der Waals surface area contributed by atoms with E-state index < -0.39 is 5.97 Å². The fraction of sp³-hybridized carbons (Fsp3) is 0.882. The Bertz CT molecular complexity index is 543. The standard InChI is InChI=1S/C34H64O4/c1-3-5-7-8-9-10-11-12-13-14-15-20-23-27-31-34(37)38-32(28-24-6-4-2)29-25-21-18-16-17-19-22-26-30-33(35)36/h10-11,32H,3-9,12-31H2,1-2H3,(H,35,36)/b11-10-. The molecule has 224 valence electrons. The smallest absolute Gasteiger partial charge is 0.306 e. The number of unbranched alkanes of at least 4 members (excludes halogenated alkanes) is 19. The fourth-order valence-corrected chi connectivity index (χ4v) is 5.00. The van der Waals surface area contributed by atoms with Gasteiger partial charge in [0, 0.05) is 12.8 Å². The maximum atomic E-state index is 12.4. The molecule has 0 aromatic carbocycles. The van der Waals surface area contributed by atoms with Gasteiger partial charge in [-0.3, -0.25) is 9.59 Å². The second-order valence-electron chi connectivity index (χ2n) is 11.3. The van der Waals surface area contributed by atoms with Crippen LogP contribution >= 0.6 is 0 Å². The normalized spacial score (nSPS) is 12.3. The third kappa shape index (κ3) is 29.2. The van der Waals surface area contributed by atoms with Crippen LogP contribution in [-0.2, 0) is 14.3 Å². The molecule has 0 aliphatic carbocycles. The number of hydrogen-bond donors (Lipinski definition) is 1. The highest BCUT2D eigenvalue weighted by atomic mass is 16.5. The van der Waals surface area contributed by atoms with Gasteiger partial charge in [-0.1, -0.05) is 122 Å². The summed E-state index contributed by atoms with van der Waals surface area (Å²) in [5, 5.41) is 8.68. The Labute approximate surface area is 236 Å². The highest BCUT2D eigenvalue weighted by Gasteiger charge is 2.14. The second-order valence-corrected chi connectivity index (χ2v) is 11.3. The Morgan fingerprint density at radius 3 is 1.47 bits per heavy atom. The van der Waals surface area contributed by atoms with E-state index in [2.05, 4.69) is 26.0 Å². The van der Waals surface area contributed by atoms with Crippen LogP contribution in [0.25, 0.3) is 0 Å². The summed E-state index contributed by atoms with van der Waals surface area (Å²) in [5.41, 5.74) is 0. The number of rotatable bonds is 30. The molecule has 0 aromatic heterocycles. The van der Waals surface area contributed by atoms with Crippen LogP contribution in [-0.4, -0.2) is 23.1 Å². The molecule has 4 nitrogen and oxygen atoms in total. The van der Waals surface area contributed by atoms with Crippen LogP contribution in [0.15, 0.2) is 12.2 Å². The molecule has 4 heteroatoms. The Morgan fingerprint density at radius 2 is 0.947 bits per heavy atom. The van der Waals surface area contributed by atoms with Crippen LogP contribution in [0.3, 0.4) is 0 Å². The molecule has 0 aromatic rings. The van der Waals surface area contributed by atoms with E-state index in [9.17, 15) is 9.59 Å². The number of aliphatic carboxylic acids is 1. The van der Waals surface area contributed by atoms with E-state index in [1.807, 2.05) is 0 Å². The van der Waals surface area contributed by atoms with E-state index in [4.69, 9.17) is 9.84 Å². The maximum absolute atomic E-state index is 12.4. The summed E-state index contributed by atoms with van der Waals surface area (Å²) in [7, 11) is 0. The van der Waals surface area contributed by atoms with Crippen molar-refractivity contribution in [2.45, 2.75) is 193 Å². The van der Waals surface area contributed by atoms with Gasteiger partial charge in [0.05, 0.1) is 0 Å². The lowest BCUT2D eigenvalue weighted by molar-refractivity contribution is -0.150. The lowest BCUT2D eigenvalue weighted by Gasteiger charge is -2.18. The largest absolute Gasteiger partial charge is 0.481 e. The number of carboxylic acids is 1. The first-order chi connectivity index (χ1) is 18.6. The molecule has 1 atom stereocenters. The maximum Gasteiger partial charge on any atom is 0.306 e. The predicted octanol–water partition coefficient (Wildman–Crippen LogP) is 11.1.